The van der Waals surface area contributed by atoms with Gasteiger partial charge in [0, 0.05) is 37.4 Å². The summed E-state index contributed by atoms with van der Waals surface area (Å²) in [6, 6.07) is 0.482. The van der Waals surface area contributed by atoms with Crippen LogP contribution in [0.25, 0.3) is 0 Å². The van der Waals surface area contributed by atoms with Crippen LogP contribution in [0.1, 0.15) is 69.3 Å². The maximum atomic E-state index is 12.8. The summed E-state index contributed by atoms with van der Waals surface area (Å²) in [5, 5.41) is 8.17. The Morgan fingerprint density at radius 1 is 1.12 bits per heavy atom. The van der Waals surface area contributed by atoms with Crippen LogP contribution in [0.15, 0.2) is 0 Å². The van der Waals surface area contributed by atoms with Crippen LogP contribution in [-0.2, 0) is 31.2 Å². The van der Waals surface area contributed by atoms with E-state index in [1.807, 2.05) is 11.7 Å². The molecule has 1 saturated heterocycles. The largest absolute Gasteiger partial charge is 0.338 e. The number of likely N-dealkylation sites (tertiary alicyclic amines) is 1. The first-order valence-electron chi connectivity index (χ1n) is 9.73. The normalized spacial score (nSPS) is 22.5. The summed E-state index contributed by atoms with van der Waals surface area (Å²) in [6.45, 7) is 6.01. The third-order valence-electron chi connectivity index (χ3n) is 5.81. The first-order valence-corrected chi connectivity index (χ1v) is 9.73. The molecule has 0 radical (unpaired) electrons. The Morgan fingerprint density at radius 2 is 1.88 bits per heavy atom. The van der Waals surface area contributed by atoms with Crippen molar-refractivity contribution in [3.8, 4) is 0 Å². The van der Waals surface area contributed by atoms with E-state index in [0.29, 0.717) is 11.9 Å². The quantitative estimate of drug-likeness (QED) is 0.871. The number of nitrogens with zero attached hydrogens (tertiary/aromatic N) is 3. The first kappa shape index (κ1) is 17.5. The van der Waals surface area contributed by atoms with Gasteiger partial charge >= 0.3 is 0 Å². The zero-order valence-electron chi connectivity index (χ0n) is 15.5. The van der Waals surface area contributed by atoms with Crippen LogP contribution in [0.4, 0.5) is 0 Å². The van der Waals surface area contributed by atoms with E-state index < -0.39 is 0 Å². The van der Waals surface area contributed by atoms with E-state index in [9.17, 15) is 4.79 Å². The fraction of sp³-hybridized carbons (Fsp3) is 0.789. The van der Waals surface area contributed by atoms with Crippen LogP contribution >= 0.6 is 0 Å². The van der Waals surface area contributed by atoms with Crippen molar-refractivity contribution in [1.29, 1.82) is 0 Å². The summed E-state index contributed by atoms with van der Waals surface area (Å²) >= 11 is 0. The molecule has 0 unspecified atom stereocenters. The second kappa shape index (κ2) is 7.68. The number of aromatic nitrogens is 2. The van der Waals surface area contributed by atoms with Crippen molar-refractivity contribution in [3.05, 3.63) is 17.0 Å². The lowest BCUT2D eigenvalue weighted by molar-refractivity contribution is -0.132. The summed E-state index contributed by atoms with van der Waals surface area (Å²) in [6.07, 6.45) is 9.15. The molecule has 24 heavy (non-hydrogen) atoms. The standard InChI is InChI=1S/C19H32N4O/c1-4-16-15(18(5-2)22(3)21-16)13-20-17-11-12-23(19(17)24)14-9-7-6-8-10-14/h14,17,20H,4-13H2,1-3H3/t17-/m1/s1. The van der Waals surface area contributed by atoms with E-state index in [0.717, 1.165) is 38.0 Å². The topological polar surface area (TPSA) is 50.2 Å². The van der Waals surface area contributed by atoms with Gasteiger partial charge in [-0.15, -0.1) is 0 Å². The molecule has 2 fully saturated rings. The number of aryl methyl sites for hydroxylation is 2. The van der Waals surface area contributed by atoms with Crippen molar-refractivity contribution in [2.24, 2.45) is 7.05 Å². The maximum Gasteiger partial charge on any atom is 0.240 e. The smallest absolute Gasteiger partial charge is 0.240 e. The lowest BCUT2D eigenvalue weighted by Gasteiger charge is -2.31. The van der Waals surface area contributed by atoms with Crippen molar-refractivity contribution in [1.82, 2.24) is 20.0 Å². The van der Waals surface area contributed by atoms with Gasteiger partial charge in [0.2, 0.25) is 5.91 Å². The second-order valence-electron chi connectivity index (χ2n) is 7.25. The Kier molecular flexibility index (Phi) is 5.59. The molecule has 5 nitrogen and oxygen atoms in total. The minimum absolute atomic E-state index is 0.0125. The predicted molar refractivity (Wildman–Crippen MR) is 95.8 cm³/mol. The average Bonchev–Trinajstić information content (AvgIpc) is 3.12. The number of hydrogen-bond acceptors (Lipinski definition) is 3. The predicted octanol–water partition coefficient (Wildman–Crippen LogP) is 2.57. The van der Waals surface area contributed by atoms with Crippen molar-refractivity contribution < 1.29 is 4.79 Å². The number of amides is 1. The van der Waals surface area contributed by atoms with Gasteiger partial charge in [-0.2, -0.15) is 5.10 Å². The molecule has 1 aromatic heterocycles. The Morgan fingerprint density at radius 3 is 2.54 bits per heavy atom. The molecule has 1 aliphatic heterocycles. The molecule has 2 heterocycles. The van der Waals surface area contributed by atoms with Gasteiger partial charge in [-0.1, -0.05) is 33.1 Å². The molecule has 1 saturated carbocycles. The van der Waals surface area contributed by atoms with E-state index >= 15 is 0 Å². The van der Waals surface area contributed by atoms with Gasteiger partial charge in [-0.05, 0) is 32.1 Å². The molecular formula is C19H32N4O. The molecule has 0 spiro atoms. The highest BCUT2D eigenvalue weighted by Crippen LogP contribution is 2.26. The molecule has 1 amide bonds. The fourth-order valence-corrected chi connectivity index (χ4v) is 4.47. The minimum Gasteiger partial charge on any atom is -0.338 e. The molecule has 1 aliphatic carbocycles. The van der Waals surface area contributed by atoms with Crippen LogP contribution in [0.2, 0.25) is 0 Å². The van der Waals surface area contributed by atoms with Crippen molar-refractivity contribution >= 4 is 5.91 Å². The van der Waals surface area contributed by atoms with Crippen LogP contribution in [0, 0.1) is 0 Å². The van der Waals surface area contributed by atoms with Crippen molar-refractivity contribution in [2.75, 3.05) is 6.54 Å². The molecule has 1 N–H and O–H groups in total. The van der Waals surface area contributed by atoms with Gasteiger partial charge < -0.3 is 10.2 Å². The molecule has 134 valence electrons. The molecule has 5 heteroatoms. The van der Waals surface area contributed by atoms with E-state index in [-0.39, 0.29) is 6.04 Å². The summed E-state index contributed by atoms with van der Waals surface area (Å²) in [7, 11) is 2.02. The molecule has 1 aromatic rings. The Bertz CT molecular complexity index is 574. The van der Waals surface area contributed by atoms with Crippen LogP contribution < -0.4 is 5.32 Å². The van der Waals surface area contributed by atoms with E-state index in [1.165, 1.54) is 43.4 Å². The molecular weight excluding hydrogens is 300 g/mol. The first-order chi connectivity index (χ1) is 11.7. The van der Waals surface area contributed by atoms with Gasteiger partial charge in [-0.3, -0.25) is 9.48 Å². The summed E-state index contributed by atoms with van der Waals surface area (Å²) in [5.41, 5.74) is 3.75. The lowest BCUT2D eigenvalue weighted by atomic mass is 9.94. The van der Waals surface area contributed by atoms with Gasteiger partial charge in [0.1, 0.15) is 0 Å². The second-order valence-corrected chi connectivity index (χ2v) is 7.25. The third-order valence-corrected chi connectivity index (χ3v) is 5.81. The monoisotopic (exact) mass is 332 g/mol. The molecule has 0 aromatic carbocycles. The number of carbonyl (C=O) groups is 1. The average molecular weight is 332 g/mol. The highest BCUT2D eigenvalue weighted by Gasteiger charge is 2.36. The SMILES string of the molecule is CCc1nn(C)c(CC)c1CN[C@@H]1CCN(C2CCCCC2)C1=O. The zero-order chi connectivity index (χ0) is 17.1. The number of hydrogen-bond donors (Lipinski definition) is 1. The third kappa shape index (κ3) is 3.37. The van der Waals surface area contributed by atoms with E-state index in [4.69, 9.17) is 0 Å². The Labute approximate surface area is 145 Å². The molecule has 0 bridgehead atoms. The summed E-state index contributed by atoms with van der Waals surface area (Å²) in [4.78, 5) is 14.9. The highest BCUT2D eigenvalue weighted by atomic mass is 16.2. The molecule has 2 aliphatic rings. The fourth-order valence-electron chi connectivity index (χ4n) is 4.47. The minimum atomic E-state index is -0.0125. The molecule has 1 atom stereocenters. The zero-order valence-corrected chi connectivity index (χ0v) is 15.5. The van der Waals surface area contributed by atoms with Crippen molar-refractivity contribution in [2.45, 2.75) is 83.8 Å². The van der Waals surface area contributed by atoms with Gasteiger partial charge in [0.25, 0.3) is 0 Å². The number of carbonyl (C=O) groups excluding carboxylic acids is 1. The van der Waals surface area contributed by atoms with Crippen molar-refractivity contribution in [3.63, 3.8) is 0 Å². The number of nitrogens with one attached hydrogen (secondary N) is 1. The summed E-state index contributed by atoms with van der Waals surface area (Å²) < 4.78 is 2.00. The van der Waals surface area contributed by atoms with Gasteiger partial charge in [0.05, 0.1) is 11.7 Å². The highest BCUT2D eigenvalue weighted by molar-refractivity contribution is 5.84. The van der Waals surface area contributed by atoms with Crippen LogP contribution in [0.3, 0.4) is 0 Å². The Hall–Kier alpha value is -1.36. The Balaban J connectivity index is 1.62. The van der Waals surface area contributed by atoms with Gasteiger partial charge in [-0.25, -0.2) is 0 Å². The number of rotatable bonds is 6. The van der Waals surface area contributed by atoms with Crippen LogP contribution in [-0.4, -0.2) is 39.2 Å². The molecule has 3 rings (SSSR count). The van der Waals surface area contributed by atoms with E-state index in [2.05, 4.69) is 29.2 Å². The van der Waals surface area contributed by atoms with Crippen LogP contribution in [0.5, 0.6) is 0 Å². The van der Waals surface area contributed by atoms with Gasteiger partial charge in [0.15, 0.2) is 0 Å². The summed E-state index contributed by atoms with van der Waals surface area (Å²) in [5.74, 6) is 0.321. The lowest BCUT2D eigenvalue weighted by Crippen LogP contribution is -2.43. The maximum absolute atomic E-state index is 12.8. The van der Waals surface area contributed by atoms with E-state index in [1.54, 1.807) is 0 Å².